The Balaban J connectivity index is 2.62. The molecule has 1 aromatic carbocycles. The average Bonchev–Trinajstić information content (AvgIpc) is 2.29. The molecule has 0 saturated carbocycles. The molecule has 0 spiro atoms. The second-order valence-corrected chi connectivity index (χ2v) is 4.88. The molecule has 0 aliphatic heterocycles. The lowest BCUT2D eigenvalue weighted by molar-refractivity contribution is -0.137. The molecule has 7 heteroatoms. The van der Waals surface area contributed by atoms with Crippen LogP contribution in [0.15, 0.2) is 18.2 Å². The highest BCUT2D eigenvalue weighted by Gasteiger charge is 2.30. The van der Waals surface area contributed by atoms with E-state index in [1.165, 1.54) is 13.0 Å². The van der Waals surface area contributed by atoms with E-state index in [1.807, 2.05) is 13.8 Å². The fourth-order valence-corrected chi connectivity index (χ4v) is 1.47. The van der Waals surface area contributed by atoms with Gasteiger partial charge in [0.1, 0.15) is 0 Å². The lowest BCUT2D eigenvalue weighted by atomic mass is 10.1. The molecule has 0 aliphatic rings. The number of nitrogens with one attached hydrogen (secondary N) is 3. The Morgan fingerprint density at radius 1 is 1.30 bits per heavy atom. The number of amides is 2. The maximum absolute atomic E-state index is 12.5. The smallest absolute Gasteiger partial charge is 0.307 e. The van der Waals surface area contributed by atoms with Crippen LogP contribution in [0.1, 0.15) is 25.0 Å². The molecule has 20 heavy (non-hydrogen) atoms. The van der Waals surface area contributed by atoms with Gasteiger partial charge in [-0.15, -0.1) is 0 Å². The molecule has 2 amide bonds. The van der Waals surface area contributed by atoms with Crippen LogP contribution in [-0.4, -0.2) is 12.6 Å². The molecule has 0 atom stereocenters. The van der Waals surface area contributed by atoms with E-state index in [0.29, 0.717) is 23.7 Å². The van der Waals surface area contributed by atoms with Crippen LogP contribution in [0.5, 0.6) is 0 Å². The van der Waals surface area contributed by atoms with E-state index >= 15 is 0 Å². The molecule has 0 unspecified atom stereocenters. The van der Waals surface area contributed by atoms with E-state index in [2.05, 4.69) is 16.2 Å². The van der Waals surface area contributed by atoms with Crippen LogP contribution in [0, 0.1) is 12.8 Å². The molecule has 0 bridgehead atoms. The third-order valence-electron chi connectivity index (χ3n) is 2.51. The quantitative estimate of drug-likeness (QED) is 0.745. The fraction of sp³-hybridized carbons (Fsp3) is 0.462. The van der Waals surface area contributed by atoms with Gasteiger partial charge in [0.15, 0.2) is 0 Å². The maximum Gasteiger partial charge on any atom is 0.416 e. The van der Waals surface area contributed by atoms with E-state index in [1.54, 1.807) is 0 Å². The summed E-state index contributed by atoms with van der Waals surface area (Å²) in [5, 5.41) is 2.48. The number of urea groups is 1. The molecular weight excluding hydrogens is 271 g/mol. The molecule has 0 radical (unpaired) electrons. The van der Waals surface area contributed by atoms with Gasteiger partial charge < -0.3 is 5.32 Å². The van der Waals surface area contributed by atoms with Crippen molar-refractivity contribution in [2.75, 3.05) is 11.9 Å². The van der Waals surface area contributed by atoms with Gasteiger partial charge in [0, 0.05) is 12.2 Å². The van der Waals surface area contributed by atoms with Crippen molar-refractivity contribution in [3.05, 3.63) is 29.3 Å². The molecule has 0 fully saturated rings. The van der Waals surface area contributed by atoms with Crippen molar-refractivity contribution in [3.8, 4) is 0 Å². The Labute approximate surface area is 115 Å². The predicted molar refractivity (Wildman–Crippen MR) is 71.2 cm³/mol. The lowest BCUT2D eigenvalue weighted by Gasteiger charge is -2.13. The first-order valence-corrected chi connectivity index (χ1v) is 6.18. The van der Waals surface area contributed by atoms with Crippen molar-refractivity contribution in [2.45, 2.75) is 26.9 Å². The number of hydrogen-bond donors (Lipinski definition) is 3. The number of rotatable bonds is 4. The first-order chi connectivity index (χ1) is 9.20. The first kappa shape index (κ1) is 16.3. The molecule has 4 nitrogen and oxygen atoms in total. The molecule has 0 saturated heterocycles. The minimum Gasteiger partial charge on any atom is -0.307 e. The minimum atomic E-state index is -4.38. The third-order valence-corrected chi connectivity index (χ3v) is 2.51. The molecule has 3 N–H and O–H groups in total. The van der Waals surface area contributed by atoms with Gasteiger partial charge in [-0.1, -0.05) is 13.8 Å². The van der Waals surface area contributed by atoms with Gasteiger partial charge in [-0.2, -0.15) is 13.2 Å². The second-order valence-electron chi connectivity index (χ2n) is 4.88. The third kappa shape index (κ3) is 5.08. The number of alkyl halides is 3. The second kappa shape index (κ2) is 6.60. The summed E-state index contributed by atoms with van der Waals surface area (Å²) in [7, 11) is 0. The maximum atomic E-state index is 12.5. The van der Waals surface area contributed by atoms with Gasteiger partial charge >= 0.3 is 12.2 Å². The summed E-state index contributed by atoms with van der Waals surface area (Å²) in [4.78, 5) is 11.5. The van der Waals surface area contributed by atoms with Gasteiger partial charge in [-0.25, -0.2) is 10.2 Å². The molecule has 0 aliphatic carbocycles. The van der Waals surface area contributed by atoms with Crippen LogP contribution in [-0.2, 0) is 6.18 Å². The molecule has 1 aromatic rings. The zero-order valence-corrected chi connectivity index (χ0v) is 11.6. The number of anilines is 1. The molecule has 1 rings (SSSR count). The van der Waals surface area contributed by atoms with E-state index in [4.69, 9.17) is 0 Å². The zero-order chi connectivity index (χ0) is 15.3. The van der Waals surface area contributed by atoms with Crippen LogP contribution in [0.3, 0.4) is 0 Å². The number of halogens is 3. The van der Waals surface area contributed by atoms with E-state index in [0.717, 1.165) is 12.1 Å². The van der Waals surface area contributed by atoms with Crippen LogP contribution >= 0.6 is 0 Å². The highest BCUT2D eigenvalue weighted by Crippen LogP contribution is 2.31. The summed E-state index contributed by atoms with van der Waals surface area (Å²) >= 11 is 0. The first-order valence-electron chi connectivity index (χ1n) is 6.18. The minimum absolute atomic E-state index is 0.335. The Bertz CT molecular complexity index is 472. The Kier molecular flexibility index (Phi) is 5.38. The SMILES string of the molecule is Cc1cc(C(F)(F)F)ccc1NC(=O)NNCC(C)C. The monoisotopic (exact) mass is 289 g/mol. The molecule has 0 heterocycles. The van der Waals surface area contributed by atoms with E-state index < -0.39 is 17.8 Å². The van der Waals surface area contributed by atoms with Crippen molar-refractivity contribution in [1.29, 1.82) is 0 Å². The Hall–Kier alpha value is -1.76. The molecular formula is C13H18F3N3O. The van der Waals surface area contributed by atoms with E-state index in [-0.39, 0.29) is 0 Å². The number of carbonyl (C=O) groups is 1. The van der Waals surface area contributed by atoms with Crippen molar-refractivity contribution in [2.24, 2.45) is 5.92 Å². The Morgan fingerprint density at radius 3 is 2.45 bits per heavy atom. The topological polar surface area (TPSA) is 53.2 Å². The number of aryl methyl sites for hydroxylation is 1. The summed E-state index contributed by atoms with van der Waals surface area (Å²) in [5.74, 6) is 0.364. The summed E-state index contributed by atoms with van der Waals surface area (Å²) < 4.78 is 37.5. The largest absolute Gasteiger partial charge is 0.416 e. The predicted octanol–water partition coefficient (Wildman–Crippen LogP) is 3.30. The number of benzene rings is 1. The van der Waals surface area contributed by atoms with Crippen molar-refractivity contribution < 1.29 is 18.0 Å². The number of hydrogen-bond acceptors (Lipinski definition) is 2. The zero-order valence-electron chi connectivity index (χ0n) is 11.6. The van der Waals surface area contributed by atoms with Gasteiger partial charge in [-0.05, 0) is 36.6 Å². The lowest BCUT2D eigenvalue weighted by Crippen LogP contribution is -2.42. The number of carbonyl (C=O) groups excluding carboxylic acids is 1. The van der Waals surface area contributed by atoms with Crippen LogP contribution in [0.25, 0.3) is 0 Å². The van der Waals surface area contributed by atoms with Crippen molar-refractivity contribution in [1.82, 2.24) is 10.9 Å². The van der Waals surface area contributed by atoms with Crippen molar-refractivity contribution >= 4 is 11.7 Å². The van der Waals surface area contributed by atoms with Gasteiger partial charge in [0.2, 0.25) is 0 Å². The highest BCUT2D eigenvalue weighted by molar-refractivity contribution is 5.89. The van der Waals surface area contributed by atoms with Gasteiger partial charge in [0.05, 0.1) is 5.56 Å². The van der Waals surface area contributed by atoms with E-state index in [9.17, 15) is 18.0 Å². The summed E-state index contributed by atoms with van der Waals surface area (Å²) in [6.45, 7) is 6.06. The summed E-state index contributed by atoms with van der Waals surface area (Å²) in [5.41, 5.74) is 5.07. The average molecular weight is 289 g/mol. The van der Waals surface area contributed by atoms with Gasteiger partial charge in [-0.3, -0.25) is 5.43 Å². The number of hydrazine groups is 1. The molecule has 0 aromatic heterocycles. The molecule has 112 valence electrons. The van der Waals surface area contributed by atoms with Crippen molar-refractivity contribution in [3.63, 3.8) is 0 Å². The van der Waals surface area contributed by atoms with Crippen LogP contribution < -0.4 is 16.2 Å². The summed E-state index contributed by atoms with van der Waals surface area (Å²) in [6, 6.07) is 2.65. The normalized spacial score (nSPS) is 11.6. The Morgan fingerprint density at radius 2 is 1.95 bits per heavy atom. The van der Waals surface area contributed by atoms with Crippen LogP contribution in [0.2, 0.25) is 0 Å². The van der Waals surface area contributed by atoms with Crippen LogP contribution in [0.4, 0.5) is 23.7 Å². The fourth-order valence-electron chi connectivity index (χ4n) is 1.47. The highest BCUT2D eigenvalue weighted by atomic mass is 19.4. The standard InChI is InChI=1S/C13H18F3N3O/c1-8(2)7-17-19-12(20)18-11-5-4-10(6-9(11)3)13(14,15)16/h4-6,8,17H,7H2,1-3H3,(H2,18,19,20). The summed E-state index contributed by atoms with van der Waals surface area (Å²) in [6.07, 6.45) is -4.38. The van der Waals surface area contributed by atoms with Gasteiger partial charge in [0.25, 0.3) is 0 Å².